The molecule has 0 fully saturated rings. The minimum atomic E-state index is -0.528. The monoisotopic (exact) mass is 788 g/mol. The van der Waals surface area contributed by atoms with Crippen molar-refractivity contribution in [2.45, 2.75) is 5.41 Å². The lowest BCUT2D eigenvalue weighted by Gasteiger charge is -2.32. The van der Waals surface area contributed by atoms with Crippen LogP contribution in [0.3, 0.4) is 0 Å². The van der Waals surface area contributed by atoms with E-state index in [2.05, 4.69) is 200 Å². The third-order valence-electron chi connectivity index (χ3n) is 13.1. The van der Waals surface area contributed by atoms with Crippen molar-refractivity contribution in [1.29, 1.82) is 0 Å². The minimum Gasteiger partial charge on any atom is -0.455 e. The molecule has 3 heteroatoms. The summed E-state index contributed by atoms with van der Waals surface area (Å²) in [4.78, 5) is 10.9. The smallest absolute Gasteiger partial charge is 0.160 e. The molecule has 2 heterocycles. The highest BCUT2D eigenvalue weighted by Gasteiger charge is 2.52. The van der Waals surface area contributed by atoms with E-state index in [9.17, 15) is 0 Å². The molecular weight excluding hydrogens is 753 g/mol. The van der Waals surface area contributed by atoms with Gasteiger partial charge in [0, 0.05) is 33.0 Å². The van der Waals surface area contributed by atoms with Crippen molar-refractivity contribution in [2.24, 2.45) is 0 Å². The maximum atomic E-state index is 6.62. The van der Waals surface area contributed by atoms with Crippen LogP contribution in [-0.4, -0.2) is 9.97 Å². The second kappa shape index (κ2) is 13.4. The van der Waals surface area contributed by atoms with Gasteiger partial charge in [0.1, 0.15) is 11.2 Å². The van der Waals surface area contributed by atoms with E-state index >= 15 is 0 Å². The molecule has 0 aliphatic heterocycles. The van der Waals surface area contributed by atoms with Crippen molar-refractivity contribution in [3.05, 3.63) is 241 Å². The van der Waals surface area contributed by atoms with Crippen LogP contribution in [0.1, 0.15) is 22.3 Å². The lowest BCUT2D eigenvalue weighted by atomic mass is 9.69. The third kappa shape index (κ3) is 5.00. The molecule has 2 aliphatic rings. The Hall–Kier alpha value is -8.14. The van der Waals surface area contributed by atoms with Gasteiger partial charge >= 0.3 is 0 Å². The number of fused-ring (bicyclic) bond motifs is 13. The van der Waals surface area contributed by atoms with Crippen LogP contribution in [0.2, 0.25) is 0 Å². The molecule has 3 nitrogen and oxygen atoms in total. The van der Waals surface area contributed by atoms with E-state index in [0.29, 0.717) is 5.82 Å². The molecule has 0 atom stereocenters. The Kier molecular flexibility index (Phi) is 7.52. The van der Waals surface area contributed by atoms with E-state index < -0.39 is 5.41 Å². The van der Waals surface area contributed by atoms with Crippen molar-refractivity contribution in [2.75, 3.05) is 0 Å². The summed E-state index contributed by atoms with van der Waals surface area (Å²) >= 11 is 0. The lowest BCUT2D eigenvalue weighted by molar-refractivity contribution is 0.670. The number of hydrogen-bond donors (Lipinski definition) is 0. The summed E-state index contributed by atoms with van der Waals surface area (Å²) in [5.74, 6) is 0.679. The van der Waals surface area contributed by atoms with E-state index in [-0.39, 0.29) is 0 Å². The van der Waals surface area contributed by atoms with E-state index in [1.807, 2.05) is 18.2 Å². The zero-order valence-corrected chi connectivity index (χ0v) is 33.6. The van der Waals surface area contributed by atoms with Crippen LogP contribution < -0.4 is 0 Å². The fourth-order valence-electron chi connectivity index (χ4n) is 10.5. The second-order valence-corrected chi connectivity index (χ2v) is 16.4. The average molecular weight is 789 g/mol. The fraction of sp³-hybridized carbons (Fsp3) is 0.0169. The first-order valence-corrected chi connectivity index (χ1v) is 21.2. The molecule has 0 amide bonds. The Balaban J connectivity index is 1.09. The lowest BCUT2D eigenvalue weighted by Crippen LogP contribution is -2.26. The van der Waals surface area contributed by atoms with Crippen molar-refractivity contribution < 1.29 is 4.42 Å². The van der Waals surface area contributed by atoms with Gasteiger partial charge in [-0.15, -0.1) is 0 Å². The molecule has 9 aromatic carbocycles. The van der Waals surface area contributed by atoms with Crippen molar-refractivity contribution in [3.8, 4) is 78.4 Å². The van der Waals surface area contributed by atoms with Gasteiger partial charge in [0.15, 0.2) is 5.82 Å². The summed E-state index contributed by atoms with van der Waals surface area (Å²) in [7, 11) is 0. The van der Waals surface area contributed by atoms with Gasteiger partial charge in [0.25, 0.3) is 0 Å². The Morgan fingerprint density at radius 2 is 0.823 bits per heavy atom. The van der Waals surface area contributed by atoms with Crippen LogP contribution >= 0.6 is 0 Å². The van der Waals surface area contributed by atoms with Crippen LogP contribution in [-0.2, 0) is 5.41 Å². The van der Waals surface area contributed by atoms with Crippen molar-refractivity contribution in [1.82, 2.24) is 9.97 Å². The van der Waals surface area contributed by atoms with Crippen LogP contribution in [0.15, 0.2) is 223 Å². The SMILES string of the molecule is c1ccc(-c2cc(-c3cc(-c4cccc5c4C4(c6ccccc6-c6ccccc64)c4ccccc4-5)nc(-c4ccccc4)n3)cc(-c3cccc4c3oc3ccccc34)c2)cc1. The molecule has 0 radical (unpaired) electrons. The Morgan fingerprint density at radius 1 is 0.323 bits per heavy atom. The van der Waals surface area contributed by atoms with Gasteiger partial charge in [0.2, 0.25) is 0 Å². The molecule has 2 aliphatic carbocycles. The van der Waals surface area contributed by atoms with Gasteiger partial charge < -0.3 is 4.42 Å². The standard InChI is InChI=1S/C59H36N2O/c1-3-17-37(18-4-1)39-33-40(42-25-15-27-48-46-24-10-14-32-55(46)62-57(42)48)35-41(34-39)53-36-54(61-58(60-53)38-19-5-2-6-20-38)49-28-16-26-47-45-23-9-13-31-52(45)59(56(47)49)50-29-11-7-21-43(50)44-22-8-12-30-51(44)59/h1-36H. The molecule has 0 bridgehead atoms. The molecule has 0 saturated carbocycles. The van der Waals surface area contributed by atoms with Crippen molar-refractivity contribution in [3.63, 3.8) is 0 Å². The van der Waals surface area contributed by atoms with E-state index in [4.69, 9.17) is 14.4 Å². The Morgan fingerprint density at radius 3 is 1.55 bits per heavy atom. The zero-order valence-electron chi connectivity index (χ0n) is 33.6. The normalized spacial score (nSPS) is 13.0. The average Bonchev–Trinajstić information content (AvgIpc) is 3.99. The zero-order chi connectivity index (χ0) is 40.8. The number of furan rings is 1. The molecule has 0 unspecified atom stereocenters. The highest BCUT2D eigenvalue weighted by atomic mass is 16.3. The van der Waals surface area contributed by atoms with E-state index in [0.717, 1.165) is 72.3 Å². The molecule has 0 N–H and O–H groups in total. The first kappa shape index (κ1) is 34.7. The molecular formula is C59H36N2O. The molecule has 288 valence electrons. The fourth-order valence-corrected chi connectivity index (χ4v) is 10.5. The van der Waals surface area contributed by atoms with Crippen molar-refractivity contribution >= 4 is 21.9 Å². The highest BCUT2D eigenvalue weighted by molar-refractivity contribution is 6.10. The minimum absolute atomic E-state index is 0.528. The van der Waals surface area contributed by atoms with Gasteiger partial charge in [-0.05, 0) is 91.5 Å². The van der Waals surface area contributed by atoms with Crippen LogP contribution in [0.5, 0.6) is 0 Å². The quantitative estimate of drug-likeness (QED) is 0.174. The third-order valence-corrected chi connectivity index (χ3v) is 13.1. The first-order chi connectivity index (χ1) is 30.7. The summed E-state index contributed by atoms with van der Waals surface area (Å²) in [6.07, 6.45) is 0. The number of benzene rings is 9. The second-order valence-electron chi connectivity index (χ2n) is 16.4. The maximum Gasteiger partial charge on any atom is 0.160 e. The van der Waals surface area contributed by atoms with Gasteiger partial charge in [-0.3, -0.25) is 0 Å². The van der Waals surface area contributed by atoms with Gasteiger partial charge in [0.05, 0.1) is 16.8 Å². The van der Waals surface area contributed by atoms with E-state index in [1.165, 1.54) is 44.5 Å². The number of para-hydroxylation sites is 2. The Labute approximate surface area is 359 Å². The summed E-state index contributed by atoms with van der Waals surface area (Å²) < 4.78 is 6.62. The summed E-state index contributed by atoms with van der Waals surface area (Å²) in [6.45, 7) is 0. The largest absolute Gasteiger partial charge is 0.455 e. The first-order valence-electron chi connectivity index (χ1n) is 21.2. The Bertz CT molecular complexity index is 3520. The molecule has 1 spiro atoms. The van der Waals surface area contributed by atoms with E-state index in [1.54, 1.807) is 0 Å². The number of aromatic nitrogens is 2. The van der Waals surface area contributed by atoms with Gasteiger partial charge in [-0.25, -0.2) is 9.97 Å². The van der Waals surface area contributed by atoms with Crippen LogP contribution in [0, 0.1) is 0 Å². The molecule has 2 aromatic heterocycles. The molecule has 0 saturated heterocycles. The predicted octanol–water partition coefficient (Wildman–Crippen LogP) is 15.1. The molecule has 62 heavy (non-hydrogen) atoms. The summed E-state index contributed by atoms with van der Waals surface area (Å²) in [5, 5.41) is 2.21. The molecule has 13 rings (SSSR count). The summed E-state index contributed by atoms with van der Waals surface area (Å²) in [5.41, 5.74) is 20.5. The van der Waals surface area contributed by atoms with Crippen LogP contribution in [0.25, 0.3) is 100 Å². The van der Waals surface area contributed by atoms with Crippen LogP contribution in [0.4, 0.5) is 0 Å². The number of nitrogens with zero attached hydrogens (tertiary/aromatic N) is 2. The number of hydrogen-bond acceptors (Lipinski definition) is 3. The predicted molar refractivity (Wildman–Crippen MR) is 253 cm³/mol. The number of rotatable bonds is 5. The van der Waals surface area contributed by atoms with Gasteiger partial charge in [-0.1, -0.05) is 188 Å². The highest BCUT2D eigenvalue weighted by Crippen LogP contribution is 2.64. The summed E-state index contributed by atoms with van der Waals surface area (Å²) in [6, 6.07) is 78.4. The topological polar surface area (TPSA) is 38.9 Å². The maximum absolute atomic E-state index is 6.62. The molecule has 11 aromatic rings. The van der Waals surface area contributed by atoms with Gasteiger partial charge in [-0.2, -0.15) is 0 Å².